The van der Waals surface area contributed by atoms with Crippen LogP contribution in [0, 0.1) is 5.41 Å². The topological polar surface area (TPSA) is 66.8 Å². The van der Waals surface area contributed by atoms with Crippen LogP contribution in [-0.4, -0.2) is 47.0 Å². The van der Waals surface area contributed by atoms with Gasteiger partial charge in [0.2, 0.25) is 0 Å². The molecule has 2 N–H and O–H groups in total. The van der Waals surface area contributed by atoms with Gasteiger partial charge in [0, 0.05) is 11.5 Å². The van der Waals surface area contributed by atoms with E-state index in [1.165, 1.54) is 0 Å². The summed E-state index contributed by atoms with van der Waals surface area (Å²) in [6.07, 6.45) is -1.02. The molecule has 0 bridgehead atoms. The Labute approximate surface area is 94.5 Å². The van der Waals surface area contributed by atoms with E-state index < -0.39 is 24.1 Å². The minimum Gasteiger partial charge on any atom is -0.462 e. The minimum absolute atomic E-state index is 0.202. The molecule has 0 spiro atoms. The van der Waals surface area contributed by atoms with Crippen LogP contribution in [0.1, 0.15) is 6.92 Å². The van der Waals surface area contributed by atoms with Crippen molar-refractivity contribution in [3.05, 3.63) is 0 Å². The van der Waals surface area contributed by atoms with E-state index in [9.17, 15) is 4.79 Å². The van der Waals surface area contributed by atoms with Crippen LogP contribution < -0.4 is 0 Å². The molecule has 0 rings (SSSR count). The number of hydrogen-bond donors (Lipinski definition) is 4. The maximum atomic E-state index is 11.4. The summed E-state index contributed by atoms with van der Waals surface area (Å²) in [6, 6.07) is 0. The number of thiol groups is 2. The van der Waals surface area contributed by atoms with E-state index in [2.05, 4.69) is 25.3 Å². The zero-order valence-electron chi connectivity index (χ0n) is 8.01. The van der Waals surface area contributed by atoms with Crippen molar-refractivity contribution >= 4 is 31.2 Å². The van der Waals surface area contributed by atoms with Gasteiger partial charge in [0.15, 0.2) is 0 Å². The van der Waals surface area contributed by atoms with E-state index in [1.807, 2.05) is 0 Å². The molecule has 1 atom stereocenters. The Bertz CT molecular complexity index is 182. The maximum absolute atomic E-state index is 11.4. The van der Waals surface area contributed by atoms with Gasteiger partial charge >= 0.3 is 5.97 Å². The average molecular weight is 240 g/mol. The van der Waals surface area contributed by atoms with Gasteiger partial charge in [0.25, 0.3) is 0 Å². The van der Waals surface area contributed by atoms with Crippen LogP contribution >= 0.6 is 25.3 Å². The third-order valence-electron chi connectivity index (χ3n) is 1.81. The standard InChI is InChI=1S/C8H16O4S2/c1-8(4-13,5-14)7(11)12-3-6(10)2-9/h6,9-10,13-14H,2-5H2,1H3. The number of rotatable bonds is 6. The molecule has 0 saturated carbocycles. The summed E-state index contributed by atoms with van der Waals surface area (Å²) in [5.74, 6) is 0.185. The second-order valence-electron chi connectivity index (χ2n) is 3.31. The summed E-state index contributed by atoms with van der Waals surface area (Å²) in [5, 5.41) is 17.4. The Kier molecular flexibility index (Phi) is 6.59. The fraction of sp³-hybridized carbons (Fsp3) is 0.875. The fourth-order valence-electron chi connectivity index (χ4n) is 0.578. The molecular formula is C8H16O4S2. The number of carbonyl (C=O) groups is 1. The van der Waals surface area contributed by atoms with Crippen LogP contribution in [0.4, 0.5) is 0 Å². The van der Waals surface area contributed by atoms with Crippen LogP contribution in [0.3, 0.4) is 0 Å². The highest BCUT2D eigenvalue weighted by Gasteiger charge is 2.32. The molecule has 0 fully saturated rings. The number of esters is 1. The van der Waals surface area contributed by atoms with Crippen molar-refractivity contribution in [1.29, 1.82) is 0 Å². The van der Waals surface area contributed by atoms with Crippen molar-refractivity contribution in [2.24, 2.45) is 5.41 Å². The molecule has 0 aromatic carbocycles. The Morgan fingerprint density at radius 1 is 1.50 bits per heavy atom. The normalized spacial score (nSPS) is 13.8. The molecule has 1 unspecified atom stereocenters. The van der Waals surface area contributed by atoms with Crippen molar-refractivity contribution in [2.75, 3.05) is 24.7 Å². The third kappa shape index (κ3) is 4.08. The highest BCUT2D eigenvalue weighted by atomic mass is 32.1. The van der Waals surface area contributed by atoms with Crippen LogP contribution in [0.15, 0.2) is 0 Å². The first-order chi connectivity index (χ1) is 6.50. The van der Waals surface area contributed by atoms with Gasteiger partial charge in [-0.05, 0) is 6.92 Å². The Balaban J connectivity index is 4.06. The second-order valence-corrected chi connectivity index (χ2v) is 3.94. The monoisotopic (exact) mass is 240 g/mol. The first kappa shape index (κ1) is 14.1. The second kappa shape index (κ2) is 6.55. The summed E-state index contributed by atoms with van der Waals surface area (Å²) in [6.45, 7) is 1.05. The molecule has 0 heterocycles. The lowest BCUT2D eigenvalue weighted by atomic mass is 9.96. The van der Waals surface area contributed by atoms with Gasteiger partial charge in [-0.3, -0.25) is 4.79 Å². The minimum atomic E-state index is -1.02. The lowest BCUT2D eigenvalue weighted by molar-refractivity contribution is -0.155. The van der Waals surface area contributed by atoms with Crippen molar-refractivity contribution in [1.82, 2.24) is 0 Å². The number of ether oxygens (including phenoxy) is 1. The molecule has 14 heavy (non-hydrogen) atoms. The molecule has 0 aromatic heterocycles. The molecule has 0 aliphatic carbocycles. The van der Waals surface area contributed by atoms with Crippen molar-refractivity contribution in [2.45, 2.75) is 13.0 Å². The predicted molar refractivity (Wildman–Crippen MR) is 59.9 cm³/mol. The first-order valence-electron chi connectivity index (χ1n) is 4.18. The van der Waals surface area contributed by atoms with Gasteiger partial charge in [0.05, 0.1) is 12.0 Å². The third-order valence-corrected chi connectivity index (χ3v) is 3.20. The van der Waals surface area contributed by atoms with Gasteiger partial charge in [-0.15, -0.1) is 0 Å². The van der Waals surface area contributed by atoms with Gasteiger partial charge in [-0.1, -0.05) is 0 Å². The van der Waals surface area contributed by atoms with Gasteiger partial charge in [-0.25, -0.2) is 0 Å². The van der Waals surface area contributed by atoms with E-state index >= 15 is 0 Å². The highest BCUT2D eigenvalue weighted by Crippen LogP contribution is 2.21. The molecular weight excluding hydrogens is 224 g/mol. The number of aliphatic hydroxyl groups is 2. The summed E-state index contributed by atoms with van der Waals surface area (Å²) in [4.78, 5) is 11.4. The van der Waals surface area contributed by atoms with Crippen LogP contribution in [0.25, 0.3) is 0 Å². The van der Waals surface area contributed by atoms with Gasteiger partial charge < -0.3 is 14.9 Å². The Morgan fingerprint density at radius 2 is 2.00 bits per heavy atom. The predicted octanol–water partition coefficient (Wildman–Crippen LogP) is -0.251. The average Bonchev–Trinajstić information content (AvgIpc) is 2.23. The molecule has 0 amide bonds. The van der Waals surface area contributed by atoms with Crippen LogP contribution in [0.2, 0.25) is 0 Å². The van der Waals surface area contributed by atoms with Crippen molar-refractivity contribution in [3.63, 3.8) is 0 Å². The quantitative estimate of drug-likeness (QED) is 0.382. The zero-order valence-corrected chi connectivity index (χ0v) is 9.80. The Hall–Kier alpha value is 0.0900. The van der Waals surface area contributed by atoms with Crippen molar-refractivity contribution < 1.29 is 19.7 Å². The van der Waals surface area contributed by atoms with E-state index in [-0.39, 0.29) is 6.61 Å². The molecule has 0 aromatic rings. The number of carbonyl (C=O) groups excluding carboxylic acids is 1. The summed E-state index contributed by atoms with van der Waals surface area (Å²) < 4.78 is 4.79. The molecule has 0 aliphatic heterocycles. The van der Waals surface area contributed by atoms with E-state index in [0.29, 0.717) is 11.5 Å². The van der Waals surface area contributed by atoms with Crippen LogP contribution in [0.5, 0.6) is 0 Å². The highest BCUT2D eigenvalue weighted by molar-refractivity contribution is 7.81. The Morgan fingerprint density at radius 3 is 2.36 bits per heavy atom. The molecule has 6 heteroatoms. The van der Waals surface area contributed by atoms with Gasteiger partial charge in [0.1, 0.15) is 12.7 Å². The molecule has 4 nitrogen and oxygen atoms in total. The number of hydrogen-bond acceptors (Lipinski definition) is 6. The van der Waals surface area contributed by atoms with E-state index in [1.54, 1.807) is 6.92 Å². The fourth-order valence-corrected chi connectivity index (χ4v) is 1.24. The van der Waals surface area contributed by atoms with Crippen LogP contribution in [-0.2, 0) is 9.53 Å². The molecule has 0 saturated heterocycles. The molecule has 84 valence electrons. The SMILES string of the molecule is CC(CS)(CS)C(=O)OCC(O)CO. The summed E-state index contributed by atoms with van der Waals surface area (Å²) >= 11 is 8.05. The molecule has 0 aliphatic rings. The molecule has 0 radical (unpaired) electrons. The number of aliphatic hydroxyl groups excluding tert-OH is 2. The van der Waals surface area contributed by atoms with Gasteiger partial charge in [-0.2, -0.15) is 25.3 Å². The lowest BCUT2D eigenvalue weighted by Crippen LogP contribution is -2.35. The smallest absolute Gasteiger partial charge is 0.313 e. The van der Waals surface area contributed by atoms with E-state index in [4.69, 9.17) is 14.9 Å². The summed E-state index contributed by atoms with van der Waals surface area (Å²) in [7, 11) is 0. The largest absolute Gasteiger partial charge is 0.462 e. The first-order valence-corrected chi connectivity index (χ1v) is 5.44. The maximum Gasteiger partial charge on any atom is 0.313 e. The summed E-state index contributed by atoms with van der Waals surface area (Å²) in [5.41, 5.74) is -0.749. The zero-order chi connectivity index (χ0) is 11.2. The van der Waals surface area contributed by atoms with E-state index in [0.717, 1.165) is 0 Å². The lowest BCUT2D eigenvalue weighted by Gasteiger charge is -2.23. The van der Waals surface area contributed by atoms with Crippen molar-refractivity contribution in [3.8, 4) is 0 Å².